The minimum absolute atomic E-state index is 0.145. The molecule has 0 aliphatic heterocycles. The molecule has 0 N–H and O–H groups in total. The third-order valence-electron chi connectivity index (χ3n) is 5.62. The van der Waals surface area contributed by atoms with E-state index < -0.39 is 0 Å². The Kier molecular flexibility index (Phi) is 2.99. The van der Waals surface area contributed by atoms with E-state index in [1.54, 1.807) is 0 Å². The highest BCUT2D eigenvalue weighted by atomic mass is 16.6. The molecule has 18 heavy (non-hydrogen) atoms. The van der Waals surface area contributed by atoms with Crippen molar-refractivity contribution in [3.05, 3.63) is 12.7 Å². The number of hydrogen-bond donors (Lipinski definition) is 0. The van der Waals surface area contributed by atoms with Gasteiger partial charge in [0.1, 0.15) is 5.60 Å². The average Bonchev–Trinajstić information content (AvgIpc) is 2.35. The van der Waals surface area contributed by atoms with E-state index in [-0.39, 0.29) is 11.6 Å². The van der Waals surface area contributed by atoms with Gasteiger partial charge in [-0.3, -0.25) is 0 Å². The Hall–Kier alpha value is -0.790. The van der Waals surface area contributed by atoms with Crippen molar-refractivity contribution >= 4 is 5.97 Å². The van der Waals surface area contributed by atoms with Crippen LogP contribution in [0.5, 0.6) is 0 Å². The molecule has 4 aliphatic rings. The van der Waals surface area contributed by atoms with Crippen LogP contribution in [0.1, 0.15) is 51.9 Å². The third kappa shape index (κ3) is 1.72. The van der Waals surface area contributed by atoms with Gasteiger partial charge < -0.3 is 4.74 Å². The van der Waals surface area contributed by atoms with Gasteiger partial charge in [-0.15, -0.1) is 0 Å². The summed E-state index contributed by atoms with van der Waals surface area (Å²) in [5.74, 6) is 2.87. The van der Waals surface area contributed by atoms with Gasteiger partial charge in [-0.05, 0) is 62.2 Å². The Bertz CT molecular complexity index is 330. The second-order valence-corrected chi connectivity index (χ2v) is 6.63. The molecule has 4 aliphatic carbocycles. The standard InChI is InChI=1S/C16H24O2/c1-3-5-16(18-15(17)4-2)13-7-11-6-12(9-13)10-14(16)8-11/h4,11-14H,2-3,5-10H2,1H3. The topological polar surface area (TPSA) is 26.3 Å². The van der Waals surface area contributed by atoms with Gasteiger partial charge in [-0.25, -0.2) is 4.79 Å². The second kappa shape index (κ2) is 4.40. The van der Waals surface area contributed by atoms with Gasteiger partial charge in [0.15, 0.2) is 0 Å². The first-order valence-electron chi connectivity index (χ1n) is 7.53. The predicted octanol–water partition coefficient (Wildman–Crippen LogP) is 3.71. The van der Waals surface area contributed by atoms with E-state index in [4.69, 9.17) is 4.74 Å². The van der Waals surface area contributed by atoms with Gasteiger partial charge in [0.05, 0.1) is 0 Å². The summed E-state index contributed by atoms with van der Waals surface area (Å²) in [7, 11) is 0. The summed E-state index contributed by atoms with van der Waals surface area (Å²) in [5, 5.41) is 0. The van der Waals surface area contributed by atoms with E-state index >= 15 is 0 Å². The minimum Gasteiger partial charge on any atom is -0.455 e. The van der Waals surface area contributed by atoms with Crippen molar-refractivity contribution in [1.29, 1.82) is 0 Å². The lowest BCUT2D eigenvalue weighted by molar-refractivity contribution is -0.207. The molecular formula is C16H24O2. The molecule has 4 fully saturated rings. The number of ether oxygens (including phenoxy) is 1. The first-order chi connectivity index (χ1) is 8.68. The zero-order valence-corrected chi connectivity index (χ0v) is 11.4. The van der Waals surface area contributed by atoms with Gasteiger partial charge >= 0.3 is 5.97 Å². The molecule has 0 saturated heterocycles. The molecule has 2 heteroatoms. The van der Waals surface area contributed by atoms with E-state index in [9.17, 15) is 4.79 Å². The first kappa shape index (κ1) is 12.3. The first-order valence-corrected chi connectivity index (χ1v) is 7.53. The molecule has 4 bridgehead atoms. The molecule has 0 unspecified atom stereocenters. The second-order valence-electron chi connectivity index (χ2n) is 6.63. The molecule has 100 valence electrons. The molecule has 0 aromatic rings. The van der Waals surface area contributed by atoms with Gasteiger partial charge in [0.25, 0.3) is 0 Å². The van der Waals surface area contributed by atoms with Crippen LogP contribution in [0.2, 0.25) is 0 Å². The van der Waals surface area contributed by atoms with Crippen molar-refractivity contribution in [3.63, 3.8) is 0 Å². The lowest BCUT2D eigenvalue weighted by Gasteiger charge is -2.60. The van der Waals surface area contributed by atoms with Crippen LogP contribution in [-0.2, 0) is 9.53 Å². The molecular weight excluding hydrogens is 224 g/mol. The summed E-state index contributed by atoms with van der Waals surface area (Å²) in [6.45, 7) is 5.76. The monoisotopic (exact) mass is 248 g/mol. The maximum absolute atomic E-state index is 11.7. The number of hydrogen-bond acceptors (Lipinski definition) is 2. The smallest absolute Gasteiger partial charge is 0.330 e. The summed E-state index contributed by atoms with van der Waals surface area (Å²) >= 11 is 0. The van der Waals surface area contributed by atoms with E-state index in [1.165, 1.54) is 38.2 Å². The Balaban J connectivity index is 1.88. The Morgan fingerprint density at radius 3 is 2.22 bits per heavy atom. The number of carbonyl (C=O) groups is 1. The number of esters is 1. The zero-order valence-electron chi connectivity index (χ0n) is 11.4. The van der Waals surface area contributed by atoms with Gasteiger partial charge in [0, 0.05) is 6.08 Å². The van der Waals surface area contributed by atoms with Crippen molar-refractivity contribution in [2.24, 2.45) is 23.7 Å². The molecule has 0 aromatic carbocycles. The maximum Gasteiger partial charge on any atom is 0.330 e. The molecule has 0 spiro atoms. The lowest BCUT2D eigenvalue weighted by Crippen LogP contribution is -2.59. The summed E-state index contributed by atoms with van der Waals surface area (Å²) in [5.41, 5.74) is -0.145. The lowest BCUT2D eigenvalue weighted by atomic mass is 9.49. The number of rotatable bonds is 4. The van der Waals surface area contributed by atoms with Gasteiger partial charge in [0.2, 0.25) is 0 Å². The van der Waals surface area contributed by atoms with E-state index in [0.29, 0.717) is 11.8 Å². The van der Waals surface area contributed by atoms with Crippen molar-refractivity contribution < 1.29 is 9.53 Å². The van der Waals surface area contributed by atoms with Crippen molar-refractivity contribution in [2.45, 2.75) is 57.5 Å². The Labute approximate surface area is 110 Å². The van der Waals surface area contributed by atoms with E-state index in [0.717, 1.165) is 24.7 Å². The summed E-state index contributed by atoms with van der Waals surface area (Å²) in [6, 6.07) is 0. The van der Waals surface area contributed by atoms with Crippen LogP contribution >= 0.6 is 0 Å². The summed E-state index contributed by atoms with van der Waals surface area (Å²) in [6.07, 6.45) is 10.1. The molecule has 4 saturated carbocycles. The molecule has 0 radical (unpaired) electrons. The molecule has 0 heterocycles. The molecule has 0 aromatic heterocycles. The zero-order chi connectivity index (χ0) is 12.8. The predicted molar refractivity (Wildman–Crippen MR) is 71.0 cm³/mol. The fourth-order valence-electron chi connectivity index (χ4n) is 5.23. The quantitative estimate of drug-likeness (QED) is 0.560. The minimum atomic E-state index is -0.212. The largest absolute Gasteiger partial charge is 0.455 e. The van der Waals surface area contributed by atoms with Crippen molar-refractivity contribution in [1.82, 2.24) is 0 Å². The highest BCUT2D eigenvalue weighted by molar-refractivity contribution is 5.81. The van der Waals surface area contributed by atoms with Crippen LogP contribution in [-0.4, -0.2) is 11.6 Å². The van der Waals surface area contributed by atoms with E-state index in [2.05, 4.69) is 13.5 Å². The van der Waals surface area contributed by atoms with Gasteiger partial charge in [-0.2, -0.15) is 0 Å². The fourth-order valence-corrected chi connectivity index (χ4v) is 5.23. The number of carbonyl (C=O) groups excluding carboxylic acids is 1. The average molecular weight is 248 g/mol. The van der Waals surface area contributed by atoms with Crippen molar-refractivity contribution in [2.75, 3.05) is 0 Å². The molecule has 4 rings (SSSR count). The molecule has 0 atom stereocenters. The SMILES string of the molecule is C=CC(=O)OC1(CCC)C2CC3CC(C2)CC1C3. The molecule has 0 amide bonds. The van der Waals surface area contributed by atoms with Crippen LogP contribution in [0.4, 0.5) is 0 Å². The highest BCUT2D eigenvalue weighted by Crippen LogP contribution is 2.60. The summed E-state index contributed by atoms with van der Waals surface area (Å²) in [4.78, 5) is 11.7. The van der Waals surface area contributed by atoms with E-state index in [1.807, 2.05) is 0 Å². The highest BCUT2D eigenvalue weighted by Gasteiger charge is 2.58. The van der Waals surface area contributed by atoms with Gasteiger partial charge in [-0.1, -0.05) is 19.9 Å². The van der Waals surface area contributed by atoms with Crippen molar-refractivity contribution in [3.8, 4) is 0 Å². The third-order valence-corrected chi connectivity index (χ3v) is 5.62. The normalized spacial score (nSPS) is 44.9. The van der Waals surface area contributed by atoms with Crippen LogP contribution in [0.15, 0.2) is 12.7 Å². The maximum atomic E-state index is 11.7. The van der Waals surface area contributed by atoms with Crippen LogP contribution in [0.25, 0.3) is 0 Å². The van der Waals surface area contributed by atoms with Crippen LogP contribution in [0.3, 0.4) is 0 Å². The summed E-state index contributed by atoms with van der Waals surface area (Å²) < 4.78 is 5.95. The van der Waals surface area contributed by atoms with Crippen LogP contribution < -0.4 is 0 Å². The fraction of sp³-hybridized carbons (Fsp3) is 0.812. The Morgan fingerprint density at radius 1 is 1.22 bits per heavy atom. The van der Waals surface area contributed by atoms with Crippen LogP contribution in [0, 0.1) is 23.7 Å². The Morgan fingerprint density at radius 2 is 1.78 bits per heavy atom. The molecule has 2 nitrogen and oxygen atoms in total.